The summed E-state index contributed by atoms with van der Waals surface area (Å²) in [6.45, 7) is 0. The third kappa shape index (κ3) is 2.40. The van der Waals surface area contributed by atoms with Crippen molar-refractivity contribution in [2.24, 2.45) is 5.73 Å². The fourth-order valence-corrected chi connectivity index (χ4v) is 5.12. The summed E-state index contributed by atoms with van der Waals surface area (Å²) in [5.74, 6) is -0.538. The first-order chi connectivity index (χ1) is 14.5. The van der Waals surface area contributed by atoms with Gasteiger partial charge in [-0.3, -0.25) is 9.59 Å². The van der Waals surface area contributed by atoms with Crippen LogP contribution in [0, 0.1) is 11.3 Å². The fraction of sp³-hybridized carbons (Fsp3) is 0.174. The number of carbonyl (C=O) groups excluding carboxylic acids is 2. The number of Topliss-reactive ketones (excluding diaryl/α,β-unsaturated/α-hetero) is 1. The number of rotatable bonds is 1. The van der Waals surface area contributed by atoms with E-state index in [0.717, 1.165) is 10.0 Å². The highest BCUT2D eigenvalue weighted by atomic mass is 79.9. The smallest absolute Gasteiger partial charge is 0.245 e. The standard InChI is InChI=1S/C23H16BrN3O3/c24-14-6-7-17-15(10-14)23(22(29)27-17)16(11-25)21(26)30-19-9-13(8-18(28)20(19)23)12-4-2-1-3-5-12/h1-7,10,13H,8-9,26H2,(H,27,29). The molecule has 1 spiro atoms. The number of nitrogens with one attached hydrogen (secondary N) is 1. The van der Waals surface area contributed by atoms with Crippen LogP contribution in [0.4, 0.5) is 5.69 Å². The number of ether oxygens (including phenoxy) is 1. The molecular formula is C23H16BrN3O3. The quantitative estimate of drug-likeness (QED) is 0.672. The highest BCUT2D eigenvalue weighted by Gasteiger charge is 2.60. The summed E-state index contributed by atoms with van der Waals surface area (Å²) in [6, 6.07) is 17.0. The summed E-state index contributed by atoms with van der Waals surface area (Å²) in [4.78, 5) is 26.9. The summed E-state index contributed by atoms with van der Waals surface area (Å²) in [5, 5.41) is 12.7. The first-order valence-electron chi connectivity index (χ1n) is 9.48. The summed E-state index contributed by atoms with van der Waals surface area (Å²) in [5.41, 5.74) is 6.81. The first-order valence-corrected chi connectivity index (χ1v) is 10.3. The van der Waals surface area contributed by atoms with Crippen LogP contribution in [0.25, 0.3) is 0 Å². The molecule has 0 saturated carbocycles. The van der Waals surface area contributed by atoms with Gasteiger partial charge in [0.2, 0.25) is 11.8 Å². The Morgan fingerprint density at radius 2 is 1.93 bits per heavy atom. The number of hydrogen-bond donors (Lipinski definition) is 2. The van der Waals surface area contributed by atoms with Gasteiger partial charge in [0.05, 0.1) is 5.57 Å². The number of allylic oxidation sites excluding steroid dienone is 1. The number of amides is 1. The zero-order valence-electron chi connectivity index (χ0n) is 15.7. The Balaban J connectivity index is 1.75. The second-order valence-corrected chi connectivity index (χ2v) is 8.50. The average molecular weight is 462 g/mol. The largest absolute Gasteiger partial charge is 0.444 e. The molecule has 2 unspecified atom stereocenters. The molecule has 0 saturated heterocycles. The molecule has 2 aliphatic heterocycles. The monoisotopic (exact) mass is 461 g/mol. The number of nitrogens with two attached hydrogens (primary N) is 1. The second kappa shape index (κ2) is 6.57. The van der Waals surface area contributed by atoms with Crippen LogP contribution in [0.2, 0.25) is 0 Å². The molecule has 3 aliphatic rings. The molecule has 3 N–H and O–H groups in total. The molecule has 148 valence electrons. The molecule has 0 bridgehead atoms. The normalized spacial score (nSPS) is 24.9. The van der Waals surface area contributed by atoms with E-state index in [9.17, 15) is 14.9 Å². The van der Waals surface area contributed by atoms with E-state index in [0.29, 0.717) is 23.4 Å². The van der Waals surface area contributed by atoms with Crippen molar-refractivity contribution in [1.82, 2.24) is 0 Å². The van der Waals surface area contributed by atoms with Gasteiger partial charge in [0.1, 0.15) is 22.8 Å². The number of hydrogen-bond acceptors (Lipinski definition) is 5. The lowest BCUT2D eigenvalue weighted by Crippen LogP contribution is -2.47. The lowest BCUT2D eigenvalue weighted by Gasteiger charge is -2.39. The number of halogens is 1. The molecule has 1 amide bonds. The zero-order chi connectivity index (χ0) is 21.0. The van der Waals surface area contributed by atoms with Gasteiger partial charge in [-0.25, -0.2) is 0 Å². The van der Waals surface area contributed by atoms with E-state index in [1.807, 2.05) is 36.4 Å². The number of carbonyl (C=O) groups is 2. The SMILES string of the molecule is N#CC1=C(N)OC2=C(C(=O)CC(c3ccccc3)C2)C12C(=O)Nc1ccc(Br)cc12. The third-order valence-electron chi connectivity index (χ3n) is 6.01. The van der Waals surface area contributed by atoms with E-state index in [1.54, 1.807) is 18.2 Å². The number of nitrogens with zero attached hydrogens (tertiary/aromatic N) is 1. The maximum absolute atomic E-state index is 13.5. The van der Waals surface area contributed by atoms with E-state index < -0.39 is 11.3 Å². The van der Waals surface area contributed by atoms with Crippen molar-refractivity contribution in [1.29, 1.82) is 5.26 Å². The Morgan fingerprint density at radius 3 is 2.67 bits per heavy atom. The molecule has 0 aromatic heterocycles. The number of benzene rings is 2. The lowest BCUT2D eigenvalue weighted by atomic mass is 9.63. The topological polar surface area (TPSA) is 105 Å². The third-order valence-corrected chi connectivity index (χ3v) is 6.50. The Hall–Kier alpha value is -3.37. The van der Waals surface area contributed by atoms with Crippen molar-refractivity contribution < 1.29 is 14.3 Å². The molecule has 2 heterocycles. The number of nitriles is 1. The zero-order valence-corrected chi connectivity index (χ0v) is 17.3. The van der Waals surface area contributed by atoms with Gasteiger partial charge in [0.25, 0.3) is 0 Å². The molecule has 0 radical (unpaired) electrons. The Kier molecular flexibility index (Phi) is 4.09. The van der Waals surface area contributed by atoms with Crippen LogP contribution >= 0.6 is 15.9 Å². The van der Waals surface area contributed by atoms with Crippen molar-refractivity contribution in [3.8, 4) is 6.07 Å². The fourth-order valence-electron chi connectivity index (χ4n) is 4.75. The van der Waals surface area contributed by atoms with Crippen LogP contribution in [0.1, 0.15) is 29.9 Å². The van der Waals surface area contributed by atoms with Gasteiger partial charge >= 0.3 is 0 Å². The molecule has 7 heteroatoms. The number of fused-ring (bicyclic) bond motifs is 3. The van der Waals surface area contributed by atoms with Gasteiger partial charge in [-0.2, -0.15) is 5.26 Å². The van der Waals surface area contributed by atoms with Gasteiger partial charge in [-0.15, -0.1) is 0 Å². The molecule has 0 fully saturated rings. The van der Waals surface area contributed by atoms with Crippen LogP contribution in [0.3, 0.4) is 0 Å². The summed E-state index contributed by atoms with van der Waals surface area (Å²) < 4.78 is 6.53. The molecule has 5 rings (SSSR count). The van der Waals surface area contributed by atoms with Crippen LogP contribution in [-0.4, -0.2) is 11.7 Å². The van der Waals surface area contributed by atoms with Gasteiger partial charge in [-0.1, -0.05) is 46.3 Å². The van der Waals surface area contributed by atoms with E-state index in [1.165, 1.54) is 0 Å². The first kappa shape index (κ1) is 18.6. The molecule has 2 aromatic carbocycles. The predicted octanol–water partition coefficient (Wildman–Crippen LogP) is 3.76. The van der Waals surface area contributed by atoms with Gasteiger partial charge in [0, 0.05) is 28.6 Å². The van der Waals surface area contributed by atoms with Crippen molar-refractivity contribution >= 4 is 33.3 Å². The molecule has 2 aromatic rings. The van der Waals surface area contributed by atoms with Crippen molar-refractivity contribution in [2.75, 3.05) is 5.32 Å². The summed E-state index contributed by atoms with van der Waals surface area (Å²) in [7, 11) is 0. The van der Waals surface area contributed by atoms with Crippen LogP contribution in [-0.2, 0) is 19.7 Å². The Bertz CT molecular complexity index is 1230. The highest BCUT2D eigenvalue weighted by molar-refractivity contribution is 9.10. The van der Waals surface area contributed by atoms with Crippen LogP contribution in [0.15, 0.2) is 75.8 Å². The van der Waals surface area contributed by atoms with Crippen LogP contribution in [0.5, 0.6) is 0 Å². The number of anilines is 1. The minimum absolute atomic E-state index is 0.0536. The predicted molar refractivity (Wildman–Crippen MR) is 113 cm³/mol. The second-order valence-electron chi connectivity index (χ2n) is 7.58. The van der Waals surface area contributed by atoms with Gasteiger partial charge < -0.3 is 15.8 Å². The van der Waals surface area contributed by atoms with E-state index in [-0.39, 0.29) is 35.2 Å². The minimum Gasteiger partial charge on any atom is -0.444 e. The molecule has 30 heavy (non-hydrogen) atoms. The van der Waals surface area contributed by atoms with E-state index in [4.69, 9.17) is 10.5 Å². The van der Waals surface area contributed by atoms with Gasteiger partial charge in [0.15, 0.2) is 5.78 Å². The van der Waals surface area contributed by atoms with Crippen molar-refractivity contribution in [3.05, 3.63) is 86.9 Å². The number of ketones is 1. The molecule has 6 nitrogen and oxygen atoms in total. The summed E-state index contributed by atoms with van der Waals surface area (Å²) >= 11 is 3.43. The van der Waals surface area contributed by atoms with Crippen LogP contribution < -0.4 is 11.1 Å². The van der Waals surface area contributed by atoms with Crippen molar-refractivity contribution in [3.63, 3.8) is 0 Å². The maximum Gasteiger partial charge on any atom is 0.245 e. The van der Waals surface area contributed by atoms with E-state index >= 15 is 0 Å². The van der Waals surface area contributed by atoms with Crippen molar-refractivity contribution in [2.45, 2.75) is 24.2 Å². The lowest BCUT2D eigenvalue weighted by molar-refractivity contribution is -0.123. The minimum atomic E-state index is -1.59. The highest BCUT2D eigenvalue weighted by Crippen LogP contribution is 2.55. The molecular weight excluding hydrogens is 446 g/mol. The van der Waals surface area contributed by atoms with Gasteiger partial charge in [-0.05, 0) is 29.7 Å². The Labute approximate surface area is 181 Å². The molecule has 2 atom stereocenters. The van der Waals surface area contributed by atoms with E-state index in [2.05, 4.69) is 21.2 Å². The molecule has 1 aliphatic carbocycles. The Morgan fingerprint density at radius 1 is 1.17 bits per heavy atom. The summed E-state index contributed by atoms with van der Waals surface area (Å²) in [6.07, 6.45) is 0.645. The average Bonchev–Trinajstić information content (AvgIpc) is 3.00. The maximum atomic E-state index is 13.5.